The average molecular weight is 347 g/mol. The van der Waals surface area contributed by atoms with E-state index in [2.05, 4.69) is 71.0 Å². The Morgan fingerprint density at radius 1 is 0.885 bits per heavy atom. The molecule has 0 radical (unpaired) electrons. The van der Waals surface area contributed by atoms with Gasteiger partial charge in [-0.3, -0.25) is 4.79 Å². The lowest BCUT2D eigenvalue weighted by atomic mass is 9.62. The van der Waals surface area contributed by atoms with E-state index < -0.39 is 0 Å². The van der Waals surface area contributed by atoms with Gasteiger partial charge in [0, 0.05) is 5.92 Å². The molecule has 2 aromatic rings. The highest BCUT2D eigenvalue weighted by atomic mass is 16.1. The van der Waals surface area contributed by atoms with Crippen LogP contribution >= 0.6 is 0 Å². The van der Waals surface area contributed by atoms with Crippen molar-refractivity contribution in [3.05, 3.63) is 76.4 Å². The van der Waals surface area contributed by atoms with Gasteiger partial charge in [0.1, 0.15) is 6.29 Å². The number of carbonyl (C=O) groups is 1. The summed E-state index contributed by atoms with van der Waals surface area (Å²) < 4.78 is 0. The van der Waals surface area contributed by atoms with Crippen LogP contribution in [0.3, 0.4) is 0 Å². The van der Waals surface area contributed by atoms with Gasteiger partial charge in [0.25, 0.3) is 0 Å². The highest BCUT2D eigenvalue weighted by molar-refractivity contribution is 5.73. The Hall–Kier alpha value is -2.15. The Morgan fingerprint density at radius 2 is 1.54 bits per heavy atom. The van der Waals surface area contributed by atoms with Crippen LogP contribution in [0.2, 0.25) is 0 Å². The highest BCUT2D eigenvalue weighted by Crippen LogP contribution is 2.46. The number of fused-ring (bicyclic) bond motifs is 1. The Bertz CT molecular complexity index is 839. The summed E-state index contributed by atoms with van der Waals surface area (Å²) >= 11 is 0. The molecule has 3 rings (SSSR count). The van der Waals surface area contributed by atoms with Crippen LogP contribution in [-0.4, -0.2) is 6.29 Å². The first-order chi connectivity index (χ1) is 12.2. The summed E-state index contributed by atoms with van der Waals surface area (Å²) in [6, 6.07) is 15.6. The monoisotopic (exact) mass is 346 g/mol. The van der Waals surface area contributed by atoms with Gasteiger partial charge < -0.3 is 0 Å². The van der Waals surface area contributed by atoms with E-state index in [9.17, 15) is 4.79 Å². The Labute approximate surface area is 158 Å². The first-order valence-electron chi connectivity index (χ1n) is 9.61. The molecule has 0 bridgehead atoms. The van der Waals surface area contributed by atoms with Crippen LogP contribution in [0.5, 0.6) is 0 Å². The largest absolute Gasteiger partial charge is 0.299 e. The molecular weight excluding hydrogens is 316 g/mol. The van der Waals surface area contributed by atoms with Gasteiger partial charge >= 0.3 is 0 Å². The van der Waals surface area contributed by atoms with Crippen molar-refractivity contribution in [1.29, 1.82) is 0 Å². The molecule has 0 aliphatic heterocycles. The molecule has 0 N–H and O–H groups in total. The van der Waals surface area contributed by atoms with E-state index in [0.717, 1.165) is 11.8 Å². The molecule has 0 amide bonds. The average Bonchev–Trinajstić information content (AvgIpc) is 2.63. The molecule has 0 spiro atoms. The topological polar surface area (TPSA) is 17.1 Å². The van der Waals surface area contributed by atoms with Crippen molar-refractivity contribution in [1.82, 2.24) is 0 Å². The van der Waals surface area contributed by atoms with E-state index in [4.69, 9.17) is 0 Å². The molecule has 1 aliphatic carbocycles. The van der Waals surface area contributed by atoms with E-state index in [1.807, 2.05) is 12.1 Å². The standard InChI is InChI=1S/C25H30O/c1-18(20-10-6-8-19(16-20)9-7-15-26)21-11-12-22-23(17-21)25(4,5)14-13-24(22,2)3/h6-12,15-18H,13-14H2,1-5H3. The molecule has 0 saturated heterocycles. The molecule has 1 nitrogen and oxygen atoms in total. The molecule has 0 saturated carbocycles. The second-order valence-corrected chi connectivity index (χ2v) is 8.96. The summed E-state index contributed by atoms with van der Waals surface area (Å²) in [5.74, 6) is 0.325. The van der Waals surface area contributed by atoms with Gasteiger partial charge in [-0.1, -0.05) is 83.2 Å². The zero-order valence-electron chi connectivity index (χ0n) is 16.7. The zero-order chi connectivity index (χ0) is 18.9. The summed E-state index contributed by atoms with van der Waals surface area (Å²) in [6.45, 7) is 11.8. The zero-order valence-corrected chi connectivity index (χ0v) is 16.7. The minimum absolute atomic E-state index is 0.231. The molecule has 1 aliphatic rings. The predicted octanol–water partition coefficient (Wildman–Crippen LogP) is 6.40. The summed E-state index contributed by atoms with van der Waals surface area (Å²) in [5.41, 5.74) is 7.22. The quantitative estimate of drug-likeness (QED) is 0.462. The Balaban J connectivity index is 2.00. The Kier molecular flexibility index (Phi) is 4.92. The van der Waals surface area contributed by atoms with Gasteiger partial charge in [0.2, 0.25) is 0 Å². The maximum absolute atomic E-state index is 10.6. The molecule has 1 unspecified atom stereocenters. The predicted molar refractivity (Wildman–Crippen MR) is 111 cm³/mol. The first kappa shape index (κ1) is 18.6. The van der Waals surface area contributed by atoms with E-state index in [-0.39, 0.29) is 10.8 Å². The van der Waals surface area contributed by atoms with Crippen molar-refractivity contribution in [2.24, 2.45) is 0 Å². The fourth-order valence-electron chi connectivity index (χ4n) is 4.15. The van der Waals surface area contributed by atoms with Crippen molar-refractivity contribution >= 4 is 12.4 Å². The van der Waals surface area contributed by atoms with Gasteiger partial charge in [-0.25, -0.2) is 0 Å². The summed E-state index contributed by atoms with van der Waals surface area (Å²) in [6.07, 6.45) is 6.71. The van der Waals surface area contributed by atoms with Crippen LogP contribution in [0.15, 0.2) is 48.5 Å². The second kappa shape index (κ2) is 6.87. The number of benzene rings is 2. The van der Waals surface area contributed by atoms with E-state index >= 15 is 0 Å². The van der Waals surface area contributed by atoms with Crippen molar-refractivity contribution < 1.29 is 4.79 Å². The molecule has 0 aromatic heterocycles. The van der Waals surface area contributed by atoms with Crippen LogP contribution in [0.4, 0.5) is 0 Å². The fraction of sp³-hybridized carbons (Fsp3) is 0.400. The molecule has 0 heterocycles. The minimum atomic E-state index is 0.231. The maximum atomic E-state index is 10.6. The molecule has 1 atom stereocenters. The summed E-state index contributed by atoms with van der Waals surface area (Å²) in [5, 5.41) is 0. The third-order valence-electron chi connectivity index (χ3n) is 6.15. The number of rotatable bonds is 4. The summed E-state index contributed by atoms with van der Waals surface area (Å²) in [4.78, 5) is 10.6. The van der Waals surface area contributed by atoms with Crippen molar-refractivity contribution in [2.75, 3.05) is 0 Å². The minimum Gasteiger partial charge on any atom is -0.299 e. The van der Waals surface area contributed by atoms with E-state index in [1.165, 1.54) is 35.1 Å². The fourth-order valence-corrected chi connectivity index (χ4v) is 4.15. The summed E-state index contributed by atoms with van der Waals surface area (Å²) in [7, 11) is 0. The van der Waals surface area contributed by atoms with Crippen molar-refractivity contribution in [3.8, 4) is 0 Å². The van der Waals surface area contributed by atoms with Crippen LogP contribution in [0.1, 0.15) is 81.2 Å². The number of hydrogen-bond acceptors (Lipinski definition) is 1. The number of allylic oxidation sites excluding steroid dienone is 1. The van der Waals surface area contributed by atoms with Gasteiger partial charge in [-0.2, -0.15) is 0 Å². The molecular formula is C25H30O. The third-order valence-corrected chi connectivity index (χ3v) is 6.15. The van der Waals surface area contributed by atoms with Gasteiger partial charge in [0.05, 0.1) is 0 Å². The number of aldehydes is 1. The van der Waals surface area contributed by atoms with Crippen molar-refractivity contribution in [2.45, 2.75) is 64.2 Å². The van der Waals surface area contributed by atoms with E-state index in [1.54, 1.807) is 6.08 Å². The molecule has 0 fully saturated rings. The van der Waals surface area contributed by atoms with Crippen molar-refractivity contribution in [3.63, 3.8) is 0 Å². The second-order valence-electron chi connectivity index (χ2n) is 8.96. The SMILES string of the molecule is CC(c1cccc(C=CC=O)c1)c1ccc2c(c1)C(C)(C)CCC2(C)C. The van der Waals surface area contributed by atoms with Crippen LogP contribution in [0, 0.1) is 0 Å². The number of carbonyl (C=O) groups excluding carboxylic acids is 1. The van der Waals surface area contributed by atoms with Crippen LogP contribution < -0.4 is 0 Å². The molecule has 26 heavy (non-hydrogen) atoms. The normalized spacial score (nSPS) is 19.1. The number of hydrogen-bond donors (Lipinski definition) is 0. The van der Waals surface area contributed by atoms with E-state index in [0.29, 0.717) is 5.92 Å². The Morgan fingerprint density at radius 3 is 2.23 bits per heavy atom. The van der Waals surface area contributed by atoms with Gasteiger partial charge in [-0.05, 0) is 57.6 Å². The lowest BCUT2D eigenvalue weighted by Crippen LogP contribution is -2.34. The van der Waals surface area contributed by atoms with Crippen LogP contribution in [0.25, 0.3) is 6.08 Å². The lowest BCUT2D eigenvalue weighted by molar-refractivity contribution is -0.104. The smallest absolute Gasteiger partial charge is 0.142 e. The molecule has 2 aromatic carbocycles. The van der Waals surface area contributed by atoms with Gasteiger partial charge in [-0.15, -0.1) is 0 Å². The first-order valence-corrected chi connectivity index (χ1v) is 9.61. The molecule has 136 valence electrons. The highest BCUT2D eigenvalue weighted by Gasteiger charge is 2.37. The van der Waals surface area contributed by atoms with Gasteiger partial charge in [0.15, 0.2) is 0 Å². The van der Waals surface area contributed by atoms with Crippen LogP contribution in [-0.2, 0) is 15.6 Å². The third kappa shape index (κ3) is 3.53. The lowest BCUT2D eigenvalue weighted by Gasteiger charge is -2.42. The maximum Gasteiger partial charge on any atom is 0.142 e. The molecule has 1 heteroatoms.